The molecule has 0 aliphatic heterocycles. The van der Waals surface area contributed by atoms with E-state index in [0.29, 0.717) is 12.1 Å². The first-order valence-corrected chi connectivity index (χ1v) is 6.56. The Morgan fingerprint density at radius 2 is 1.84 bits per heavy atom. The van der Waals surface area contributed by atoms with Crippen molar-refractivity contribution in [3.63, 3.8) is 0 Å². The van der Waals surface area contributed by atoms with E-state index in [2.05, 4.69) is 4.74 Å². The number of hydrogen-bond donors (Lipinski definition) is 1. The molecule has 0 saturated heterocycles. The zero-order chi connectivity index (χ0) is 13.9. The van der Waals surface area contributed by atoms with Crippen LogP contribution in [-0.2, 0) is 0 Å². The fourth-order valence-corrected chi connectivity index (χ4v) is 2.90. The number of rotatable bonds is 3. The van der Waals surface area contributed by atoms with Crippen molar-refractivity contribution in [2.45, 2.75) is 38.0 Å². The zero-order valence-corrected chi connectivity index (χ0v) is 10.6. The van der Waals surface area contributed by atoms with Gasteiger partial charge in [-0.3, -0.25) is 0 Å². The smallest absolute Gasteiger partial charge is 0.405 e. The number of halogens is 3. The molecule has 0 heterocycles. The molecule has 5 heteroatoms. The SMILES string of the molecule is NCC1CCCCC1c1ccccc1OC(F)(F)F. The maximum Gasteiger partial charge on any atom is 0.573 e. The van der Waals surface area contributed by atoms with Gasteiger partial charge in [-0.2, -0.15) is 0 Å². The van der Waals surface area contributed by atoms with Gasteiger partial charge in [0.2, 0.25) is 0 Å². The molecule has 1 aromatic rings. The summed E-state index contributed by atoms with van der Waals surface area (Å²) in [6, 6.07) is 6.41. The molecule has 1 aliphatic carbocycles. The highest BCUT2D eigenvalue weighted by Gasteiger charge is 2.34. The lowest BCUT2D eigenvalue weighted by molar-refractivity contribution is -0.275. The monoisotopic (exact) mass is 273 g/mol. The molecule has 2 nitrogen and oxygen atoms in total. The van der Waals surface area contributed by atoms with Crippen LogP contribution < -0.4 is 10.5 Å². The summed E-state index contributed by atoms with van der Waals surface area (Å²) in [7, 11) is 0. The Labute approximate surface area is 110 Å². The third kappa shape index (κ3) is 3.62. The fourth-order valence-electron chi connectivity index (χ4n) is 2.90. The minimum Gasteiger partial charge on any atom is -0.405 e. The van der Waals surface area contributed by atoms with Gasteiger partial charge in [0.25, 0.3) is 0 Å². The zero-order valence-electron chi connectivity index (χ0n) is 10.6. The van der Waals surface area contributed by atoms with E-state index < -0.39 is 6.36 Å². The third-order valence-corrected chi connectivity index (χ3v) is 3.76. The van der Waals surface area contributed by atoms with E-state index in [1.54, 1.807) is 18.2 Å². The second-order valence-electron chi connectivity index (χ2n) is 4.97. The van der Waals surface area contributed by atoms with Crippen molar-refractivity contribution in [1.29, 1.82) is 0 Å². The van der Waals surface area contributed by atoms with Gasteiger partial charge in [0, 0.05) is 0 Å². The molecule has 106 valence electrons. The molecular weight excluding hydrogens is 255 g/mol. The number of para-hydroxylation sites is 1. The highest BCUT2D eigenvalue weighted by molar-refractivity contribution is 5.37. The molecule has 0 aromatic heterocycles. The van der Waals surface area contributed by atoms with E-state index >= 15 is 0 Å². The van der Waals surface area contributed by atoms with Crippen LogP contribution in [0.25, 0.3) is 0 Å². The summed E-state index contributed by atoms with van der Waals surface area (Å²) in [5, 5.41) is 0. The van der Waals surface area contributed by atoms with Crippen LogP contribution in [0.1, 0.15) is 37.2 Å². The molecule has 2 unspecified atom stereocenters. The summed E-state index contributed by atoms with van der Waals surface area (Å²) in [4.78, 5) is 0. The van der Waals surface area contributed by atoms with Crippen molar-refractivity contribution < 1.29 is 17.9 Å². The van der Waals surface area contributed by atoms with Crippen LogP contribution in [0, 0.1) is 5.92 Å². The standard InChI is InChI=1S/C14H18F3NO/c15-14(16,17)19-13-8-4-3-7-12(13)11-6-2-1-5-10(11)9-18/h3-4,7-8,10-11H,1-2,5-6,9,18H2. The summed E-state index contributed by atoms with van der Waals surface area (Å²) >= 11 is 0. The lowest BCUT2D eigenvalue weighted by atomic mass is 9.75. The van der Waals surface area contributed by atoms with E-state index in [0.717, 1.165) is 25.7 Å². The van der Waals surface area contributed by atoms with Gasteiger partial charge in [-0.15, -0.1) is 13.2 Å². The summed E-state index contributed by atoms with van der Waals surface area (Å²) in [6.07, 6.45) is -0.674. The van der Waals surface area contributed by atoms with E-state index in [-0.39, 0.29) is 17.6 Å². The highest BCUT2D eigenvalue weighted by Crippen LogP contribution is 2.42. The minimum absolute atomic E-state index is 0.0669. The quantitative estimate of drug-likeness (QED) is 0.908. The topological polar surface area (TPSA) is 35.2 Å². The van der Waals surface area contributed by atoms with Gasteiger partial charge in [0.1, 0.15) is 5.75 Å². The van der Waals surface area contributed by atoms with Gasteiger partial charge in [0.15, 0.2) is 0 Å². The predicted molar refractivity (Wildman–Crippen MR) is 66.9 cm³/mol. The Morgan fingerprint density at radius 3 is 2.53 bits per heavy atom. The maximum atomic E-state index is 12.4. The Hall–Kier alpha value is -1.23. The number of ether oxygens (including phenoxy) is 1. The van der Waals surface area contributed by atoms with Crippen molar-refractivity contribution in [3.05, 3.63) is 29.8 Å². The van der Waals surface area contributed by atoms with Crippen LogP contribution in [0.4, 0.5) is 13.2 Å². The van der Waals surface area contributed by atoms with Gasteiger partial charge in [-0.25, -0.2) is 0 Å². The van der Waals surface area contributed by atoms with E-state index in [1.165, 1.54) is 6.07 Å². The molecule has 2 atom stereocenters. The van der Waals surface area contributed by atoms with Crippen molar-refractivity contribution in [3.8, 4) is 5.75 Å². The average Bonchev–Trinajstić information content (AvgIpc) is 2.37. The molecule has 19 heavy (non-hydrogen) atoms. The second kappa shape index (κ2) is 5.82. The minimum atomic E-state index is -4.65. The van der Waals surface area contributed by atoms with Crippen LogP contribution in [-0.4, -0.2) is 12.9 Å². The molecule has 1 fully saturated rings. The first kappa shape index (κ1) is 14.2. The average molecular weight is 273 g/mol. The van der Waals surface area contributed by atoms with Crippen LogP contribution in [0.5, 0.6) is 5.75 Å². The van der Waals surface area contributed by atoms with Crippen LogP contribution in [0.15, 0.2) is 24.3 Å². The van der Waals surface area contributed by atoms with E-state index in [4.69, 9.17) is 5.73 Å². The largest absolute Gasteiger partial charge is 0.573 e. The van der Waals surface area contributed by atoms with E-state index in [9.17, 15) is 13.2 Å². The Balaban J connectivity index is 2.27. The lowest BCUT2D eigenvalue weighted by Crippen LogP contribution is -2.26. The molecule has 2 rings (SSSR count). The molecular formula is C14H18F3NO. The van der Waals surface area contributed by atoms with Crippen molar-refractivity contribution in [2.75, 3.05) is 6.54 Å². The lowest BCUT2D eigenvalue weighted by Gasteiger charge is -2.32. The first-order chi connectivity index (χ1) is 9.01. The number of hydrogen-bond acceptors (Lipinski definition) is 2. The van der Waals surface area contributed by atoms with Crippen molar-refractivity contribution >= 4 is 0 Å². The molecule has 1 aromatic carbocycles. The molecule has 1 saturated carbocycles. The number of benzene rings is 1. The van der Waals surface area contributed by atoms with Gasteiger partial charge in [-0.05, 0) is 42.9 Å². The number of nitrogens with two attached hydrogens (primary N) is 1. The Morgan fingerprint density at radius 1 is 1.16 bits per heavy atom. The first-order valence-electron chi connectivity index (χ1n) is 6.56. The molecule has 0 bridgehead atoms. The molecule has 0 radical (unpaired) electrons. The predicted octanol–water partition coefficient (Wildman–Crippen LogP) is 3.82. The van der Waals surface area contributed by atoms with Crippen LogP contribution in [0.3, 0.4) is 0 Å². The van der Waals surface area contributed by atoms with E-state index in [1.807, 2.05) is 0 Å². The van der Waals surface area contributed by atoms with Crippen molar-refractivity contribution in [2.24, 2.45) is 11.7 Å². The molecule has 1 aliphatic rings. The summed E-state index contributed by atoms with van der Waals surface area (Å²) < 4.78 is 41.4. The van der Waals surface area contributed by atoms with Gasteiger partial charge < -0.3 is 10.5 Å². The Bertz CT molecular complexity index is 419. The van der Waals surface area contributed by atoms with Gasteiger partial charge in [0.05, 0.1) is 0 Å². The summed E-state index contributed by atoms with van der Waals surface area (Å²) in [5.41, 5.74) is 6.38. The van der Waals surface area contributed by atoms with Gasteiger partial charge >= 0.3 is 6.36 Å². The summed E-state index contributed by atoms with van der Waals surface area (Å²) in [6.45, 7) is 0.505. The summed E-state index contributed by atoms with van der Waals surface area (Å²) in [5.74, 6) is 0.226. The molecule has 2 N–H and O–H groups in total. The number of alkyl halides is 3. The Kier molecular flexibility index (Phi) is 4.34. The normalized spacial score (nSPS) is 24.2. The highest BCUT2D eigenvalue weighted by atomic mass is 19.4. The molecule has 0 amide bonds. The maximum absolute atomic E-state index is 12.4. The second-order valence-corrected chi connectivity index (χ2v) is 4.97. The van der Waals surface area contributed by atoms with Crippen LogP contribution >= 0.6 is 0 Å². The van der Waals surface area contributed by atoms with Crippen molar-refractivity contribution in [1.82, 2.24) is 0 Å². The third-order valence-electron chi connectivity index (χ3n) is 3.76. The van der Waals surface area contributed by atoms with Gasteiger partial charge in [-0.1, -0.05) is 31.0 Å². The molecule has 0 spiro atoms. The fraction of sp³-hybridized carbons (Fsp3) is 0.571. The van der Waals surface area contributed by atoms with Crippen LogP contribution in [0.2, 0.25) is 0 Å².